The Kier molecular flexibility index (Phi) is 9.33. The molecular weight excluding hydrogens is 547 g/mol. The van der Waals surface area contributed by atoms with Crippen molar-refractivity contribution in [1.82, 2.24) is 5.43 Å². The normalized spacial score (nSPS) is 10.7. The molecule has 7 nitrogen and oxygen atoms in total. The minimum atomic E-state index is -0.546. The number of benzene rings is 3. The van der Waals surface area contributed by atoms with E-state index < -0.39 is 11.9 Å². The molecule has 34 heavy (non-hydrogen) atoms. The van der Waals surface area contributed by atoms with Gasteiger partial charge in [0.05, 0.1) is 23.4 Å². The van der Waals surface area contributed by atoms with E-state index in [1.165, 1.54) is 6.21 Å². The highest BCUT2D eigenvalue weighted by atomic mass is 79.9. The third-order valence-electron chi connectivity index (χ3n) is 4.24. The first-order valence-electron chi connectivity index (χ1n) is 10.0. The molecule has 0 atom stereocenters. The van der Waals surface area contributed by atoms with Crippen molar-refractivity contribution in [3.05, 3.63) is 86.3 Å². The quantitative estimate of drug-likeness (QED) is 0.151. The third kappa shape index (κ3) is 7.21. The van der Waals surface area contributed by atoms with Crippen molar-refractivity contribution < 1.29 is 23.8 Å². The maximum atomic E-state index is 12.5. The molecule has 3 aromatic rings. The van der Waals surface area contributed by atoms with E-state index in [-0.39, 0.29) is 23.1 Å². The molecule has 0 heterocycles. The molecule has 0 fully saturated rings. The van der Waals surface area contributed by atoms with Gasteiger partial charge in [-0.25, -0.2) is 10.2 Å². The van der Waals surface area contributed by atoms with E-state index in [0.29, 0.717) is 28.5 Å². The summed E-state index contributed by atoms with van der Waals surface area (Å²) >= 11 is 15.3. The van der Waals surface area contributed by atoms with Gasteiger partial charge in [-0.1, -0.05) is 45.2 Å². The second-order valence-electron chi connectivity index (χ2n) is 6.66. The predicted molar refractivity (Wildman–Crippen MR) is 134 cm³/mol. The van der Waals surface area contributed by atoms with Gasteiger partial charge < -0.3 is 14.2 Å². The first kappa shape index (κ1) is 25.6. The molecule has 0 aliphatic heterocycles. The number of esters is 1. The van der Waals surface area contributed by atoms with E-state index in [4.69, 9.17) is 37.4 Å². The number of carbonyl (C=O) groups is 2. The maximum Gasteiger partial charge on any atom is 0.343 e. The standard InChI is InChI=1S/C24H19BrCl2N2O5/c1-2-32-18-9-6-15(7-10-18)24(31)34-20-11-8-17(25)12-16(20)13-28-29-22(30)14-33-21-5-3-4-19(26)23(21)27/h3-13H,2,14H2,1H3,(H,29,30)/b28-13+. The van der Waals surface area contributed by atoms with E-state index in [1.807, 2.05) is 6.92 Å². The first-order chi connectivity index (χ1) is 16.4. The lowest BCUT2D eigenvalue weighted by Crippen LogP contribution is -2.24. The van der Waals surface area contributed by atoms with Gasteiger partial charge >= 0.3 is 5.97 Å². The Balaban J connectivity index is 1.62. The van der Waals surface area contributed by atoms with Crippen LogP contribution in [0, 0.1) is 0 Å². The van der Waals surface area contributed by atoms with Gasteiger partial charge in [-0.2, -0.15) is 5.10 Å². The van der Waals surface area contributed by atoms with Gasteiger partial charge in [-0.3, -0.25) is 4.79 Å². The van der Waals surface area contributed by atoms with E-state index in [1.54, 1.807) is 60.7 Å². The van der Waals surface area contributed by atoms with Crippen LogP contribution in [-0.2, 0) is 4.79 Å². The Morgan fingerprint density at radius 2 is 1.79 bits per heavy atom. The van der Waals surface area contributed by atoms with Crippen molar-refractivity contribution in [1.29, 1.82) is 0 Å². The fourth-order valence-electron chi connectivity index (χ4n) is 2.67. The third-order valence-corrected chi connectivity index (χ3v) is 5.54. The number of carbonyl (C=O) groups excluding carboxylic acids is 2. The second-order valence-corrected chi connectivity index (χ2v) is 8.36. The Morgan fingerprint density at radius 1 is 1.03 bits per heavy atom. The molecule has 3 aromatic carbocycles. The topological polar surface area (TPSA) is 86.2 Å². The van der Waals surface area contributed by atoms with Crippen molar-refractivity contribution >= 4 is 57.2 Å². The average molecular weight is 566 g/mol. The number of nitrogens with one attached hydrogen (secondary N) is 1. The highest BCUT2D eigenvalue weighted by molar-refractivity contribution is 9.10. The zero-order chi connectivity index (χ0) is 24.5. The molecule has 10 heteroatoms. The molecule has 0 radical (unpaired) electrons. The van der Waals surface area contributed by atoms with Gasteiger partial charge in [-0.15, -0.1) is 0 Å². The van der Waals surface area contributed by atoms with Crippen LogP contribution in [0.1, 0.15) is 22.8 Å². The molecule has 0 aliphatic carbocycles. The Labute approximate surface area is 214 Å². The largest absolute Gasteiger partial charge is 0.494 e. The van der Waals surface area contributed by atoms with Crippen LogP contribution < -0.4 is 19.6 Å². The molecule has 1 amide bonds. The van der Waals surface area contributed by atoms with Gasteiger partial charge in [0.15, 0.2) is 6.61 Å². The summed E-state index contributed by atoms with van der Waals surface area (Å²) < 4.78 is 17.0. The van der Waals surface area contributed by atoms with Crippen LogP contribution in [0.15, 0.2) is 70.2 Å². The molecule has 0 spiro atoms. The number of hydrazone groups is 1. The minimum Gasteiger partial charge on any atom is -0.494 e. The van der Waals surface area contributed by atoms with Gasteiger partial charge in [0.25, 0.3) is 5.91 Å². The molecule has 1 N–H and O–H groups in total. The molecule has 3 rings (SSSR count). The molecule has 0 saturated heterocycles. The summed E-state index contributed by atoms with van der Waals surface area (Å²) in [5.74, 6) is 0.143. The number of amides is 1. The fraction of sp³-hybridized carbons (Fsp3) is 0.125. The highest BCUT2D eigenvalue weighted by Crippen LogP contribution is 2.31. The Hall–Kier alpha value is -3.07. The minimum absolute atomic E-state index is 0.216. The zero-order valence-corrected chi connectivity index (χ0v) is 21.0. The summed E-state index contributed by atoms with van der Waals surface area (Å²) in [6.07, 6.45) is 1.36. The van der Waals surface area contributed by atoms with Crippen molar-refractivity contribution in [2.24, 2.45) is 5.10 Å². The number of halogens is 3. The van der Waals surface area contributed by atoms with E-state index >= 15 is 0 Å². The summed E-state index contributed by atoms with van der Waals surface area (Å²) in [5.41, 5.74) is 3.17. The molecule has 0 bridgehead atoms. The van der Waals surface area contributed by atoms with Crippen LogP contribution >= 0.6 is 39.1 Å². The molecule has 0 saturated carbocycles. The van der Waals surface area contributed by atoms with Gasteiger partial charge in [0.1, 0.15) is 22.3 Å². The monoisotopic (exact) mass is 564 g/mol. The number of ether oxygens (including phenoxy) is 3. The van der Waals surface area contributed by atoms with Gasteiger partial charge in [0.2, 0.25) is 0 Å². The summed E-state index contributed by atoms with van der Waals surface area (Å²) in [6.45, 7) is 2.08. The Bertz CT molecular complexity index is 1200. The summed E-state index contributed by atoms with van der Waals surface area (Å²) in [7, 11) is 0. The smallest absolute Gasteiger partial charge is 0.343 e. The average Bonchev–Trinajstić information content (AvgIpc) is 2.82. The van der Waals surface area contributed by atoms with Gasteiger partial charge in [-0.05, 0) is 61.5 Å². The van der Waals surface area contributed by atoms with Crippen LogP contribution in [0.3, 0.4) is 0 Å². The van der Waals surface area contributed by atoms with Crippen LogP contribution in [0.25, 0.3) is 0 Å². The molecule has 176 valence electrons. The van der Waals surface area contributed by atoms with Crippen LogP contribution in [0.5, 0.6) is 17.2 Å². The molecular formula is C24H19BrCl2N2O5. The lowest BCUT2D eigenvalue weighted by molar-refractivity contribution is -0.123. The van der Waals surface area contributed by atoms with Crippen LogP contribution in [0.4, 0.5) is 0 Å². The lowest BCUT2D eigenvalue weighted by atomic mass is 10.2. The summed E-state index contributed by atoms with van der Waals surface area (Å²) in [5, 5.41) is 4.45. The van der Waals surface area contributed by atoms with Gasteiger partial charge in [0, 0.05) is 10.0 Å². The number of hydrogen-bond acceptors (Lipinski definition) is 6. The van der Waals surface area contributed by atoms with E-state index in [0.717, 1.165) is 4.47 Å². The lowest BCUT2D eigenvalue weighted by Gasteiger charge is -2.09. The number of nitrogens with zero attached hydrogens (tertiary/aromatic N) is 1. The van der Waals surface area contributed by atoms with Crippen molar-refractivity contribution in [3.8, 4) is 17.2 Å². The molecule has 0 unspecified atom stereocenters. The Morgan fingerprint density at radius 3 is 2.53 bits per heavy atom. The number of rotatable bonds is 9. The van der Waals surface area contributed by atoms with Crippen molar-refractivity contribution in [3.63, 3.8) is 0 Å². The fourth-order valence-corrected chi connectivity index (χ4v) is 3.40. The summed E-state index contributed by atoms with van der Waals surface area (Å²) in [4.78, 5) is 24.6. The van der Waals surface area contributed by atoms with Crippen LogP contribution in [-0.4, -0.2) is 31.3 Å². The van der Waals surface area contributed by atoms with Crippen LogP contribution in [0.2, 0.25) is 10.0 Å². The molecule has 0 aliphatic rings. The SMILES string of the molecule is CCOc1ccc(C(=O)Oc2ccc(Br)cc2/C=N/NC(=O)COc2cccc(Cl)c2Cl)cc1. The maximum absolute atomic E-state index is 12.5. The van der Waals surface area contributed by atoms with E-state index in [9.17, 15) is 9.59 Å². The second kappa shape index (κ2) is 12.4. The van der Waals surface area contributed by atoms with E-state index in [2.05, 4.69) is 26.5 Å². The summed E-state index contributed by atoms with van der Waals surface area (Å²) in [6, 6.07) is 16.5. The van der Waals surface area contributed by atoms with Crippen molar-refractivity contribution in [2.45, 2.75) is 6.92 Å². The highest BCUT2D eigenvalue weighted by Gasteiger charge is 2.12. The first-order valence-corrected chi connectivity index (χ1v) is 11.6. The molecule has 0 aromatic heterocycles. The zero-order valence-electron chi connectivity index (χ0n) is 17.9. The predicted octanol–water partition coefficient (Wildman–Crippen LogP) is 5.90. The van der Waals surface area contributed by atoms with Crippen molar-refractivity contribution in [2.75, 3.05) is 13.2 Å². The number of hydrogen-bond donors (Lipinski definition) is 1.